The standard InChI is InChI=1S/C13H19Cl2N/c1-3-4-5-6-13(16-2)10-7-8-11(14)12(15)9-10/h7-9,13,16H,3-6H2,1-2H3. The molecule has 0 heterocycles. The SMILES string of the molecule is CCCCCC(NC)c1ccc(Cl)c(Cl)c1. The molecule has 0 bridgehead atoms. The molecule has 1 atom stereocenters. The van der Waals surface area contributed by atoms with Crippen molar-refractivity contribution < 1.29 is 0 Å². The fraction of sp³-hybridized carbons (Fsp3) is 0.538. The lowest BCUT2D eigenvalue weighted by Gasteiger charge is -2.17. The van der Waals surface area contributed by atoms with E-state index in [1.165, 1.54) is 24.8 Å². The van der Waals surface area contributed by atoms with Crippen LogP contribution in [0.1, 0.15) is 44.2 Å². The highest BCUT2D eigenvalue weighted by molar-refractivity contribution is 6.42. The average molecular weight is 260 g/mol. The molecule has 1 N–H and O–H groups in total. The topological polar surface area (TPSA) is 12.0 Å². The van der Waals surface area contributed by atoms with Crippen molar-refractivity contribution in [1.29, 1.82) is 0 Å². The van der Waals surface area contributed by atoms with Crippen molar-refractivity contribution in [3.05, 3.63) is 33.8 Å². The van der Waals surface area contributed by atoms with Crippen LogP contribution < -0.4 is 5.32 Å². The highest BCUT2D eigenvalue weighted by Gasteiger charge is 2.10. The third kappa shape index (κ3) is 3.97. The maximum Gasteiger partial charge on any atom is 0.0595 e. The minimum absolute atomic E-state index is 0.376. The van der Waals surface area contributed by atoms with E-state index in [0.29, 0.717) is 16.1 Å². The molecule has 0 aliphatic carbocycles. The molecule has 0 spiro atoms. The molecule has 16 heavy (non-hydrogen) atoms. The Labute approximate surface area is 108 Å². The number of nitrogens with one attached hydrogen (secondary N) is 1. The zero-order valence-electron chi connectivity index (χ0n) is 9.89. The van der Waals surface area contributed by atoms with Crippen LogP contribution >= 0.6 is 23.2 Å². The predicted octanol–water partition coefficient (Wildman–Crippen LogP) is 4.83. The van der Waals surface area contributed by atoms with Crippen molar-refractivity contribution in [2.45, 2.75) is 38.6 Å². The summed E-state index contributed by atoms with van der Waals surface area (Å²) in [6, 6.07) is 6.24. The molecule has 0 aromatic heterocycles. The minimum atomic E-state index is 0.376. The molecular weight excluding hydrogens is 241 g/mol. The molecule has 1 aromatic carbocycles. The lowest BCUT2D eigenvalue weighted by Crippen LogP contribution is -2.16. The van der Waals surface area contributed by atoms with Crippen LogP contribution in [-0.4, -0.2) is 7.05 Å². The van der Waals surface area contributed by atoms with Crippen LogP contribution in [0.3, 0.4) is 0 Å². The van der Waals surface area contributed by atoms with Gasteiger partial charge in [0, 0.05) is 6.04 Å². The maximum atomic E-state index is 6.02. The molecule has 0 amide bonds. The summed E-state index contributed by atoms with van der Waals surface area (Å²) < 4.78 is 0. The van der Waals surface area contributed by atoms with E-state index >= 15 is 0 Å². The van der Waals surface area contributed by atoms with Gasteiger partial charge in [0.25, 0.3) is 0 Å². The lowest BCUT2D eigenvalue weighted by molar-refractivity contribution is 0.512. The predicted molar refractivity (Wildman–Crippen MR) is 72.4 cm³/mol. The fourth-order valence-electron chi connectivity index (χ4n) is 1.81. The first-order valence-corrected chi connectivity index (χ1v) is 6.56. The Hall–Kier alpha value is -0.240. The van der Waals surface area contributed by atoms with Crippen LogP contribution in [0.5, 0.6) is 0 Å². The molecule has 0 saturated carbocycles. The van der Waals surface area contributed by atoms with Crippen LogP contribution in [0.2, 0.25) is 10.0 Å². The summed E-state index contributed by atoms with van der Waals surface area (Å²) in [7, 11) is 1.99. The van der Waals surface area contributed by atoms with Crippen molar-refractivity contribution >= 4 is 23.2 Å². The Balaban J connectivity index is 2.67. The fourth-order valence-corrected chi connectivity index (χ4v) is 2.11. The average Bonchev–Trinajstić information content (AvgIpc) is 2.29. The summed E-state index contributed by atoms with van der Waals surface area (Å²) in [5.41, 5.74) is 1.22. The molecule has 90 valence electrons. The largest absolute Gasteiger partial charge is 0.313 e. The van der Waals surface area contributed by atoms with Crippen LogP contribution in [0.15, 0.2) is 18.2 Å². The van der Waals surface area contributed by atoms with Gasteiger partial charge in [-0.25, -0.2) is 0 Å². The summed E-state index contributed by atoms with van der Waals surface area (Å²) in [5.74, 6) is 0. The van der Waals surface area contributed by atoms with Gasteiger partial charge in [0.05, 0.1) is 10.0 Å². The van der Waals surface area contributed by atoms with E-state index in [-0.39, 0.29) is 0 Å². The van der Waals surface area contributed by atoms with Gasteiger partial charge in [-0.1, -0.05) is 55.5 Å². The second-order valence-corrected chi connectivity index (χ2v) is 4.82. The van der Waals surface area contributed by atoms with Gasteiger partial charge in [-0.3, -0.25) is 0 Å². The first-order chi connectivity index (χ1) is 7.69. The highest BCUT2D eigenvalue weighted by atomic mass is 35.5. The normalized spacial score (nSPS) is 12.8. The van der Waals surface area contributed by atoms with E-state index < -0.39 is 0 Å². The van der Waals surface area contributed by atoms with Gasteiger partial charge >= 0.3 is 0 Å². The molecule has 0 aliphatic heterocycles. The van der Waals surface area contributed by atoms with Gasteiger partial charge in [-0.15, -0.1) is 0 Å². The Kier molecular flexibility index (Phi) is 6.18. The molecule has 3 heteroatoms. The first-order valence-electron chi connectivity index (χ1n) is 5.81. The number of hydrogen-bond donors (Lipinski definition) is 1. The van der Waals surface area contributed by atoms with Crippen LogP contribution in [0.4, 0.5) is 0 Å². The van der Waals surface area contributed by atoms with Crippen LogP contribution in [0, 0.1) is 0 Å². The molecule has 0 fully saturated rings. The Morgan fingerprint density at radius 3 is 2.50 bits per heavy atom. The molecule has 0 radical (unpaired) electrons. The van der Waals surface area contributed by atoms with E-state index in [0.717, 1.165) is 6.42 Å². The summed E-state index contributed by atoms with van der Waals surface area (Å²) in [5, 5.41) is 4.58. The van der Waals surface area contributed by atoms with Crippen molar-refractivity contribution in [3.63, 3.8) is 0 Å². The number of rotatable bonds is 6. The van der Waals surface area contributed by atoms with Crippen LogP contribution in [0.25, 0.3) is 0 Å². The zero-order chi connectivity index (χ0) is 12.0. The number of hydrogen-bond acceptors (Lipinski definition) is 1. The summed E-state index contributed by atoms with van der Waals surface area (Å²) in [4.78, 5) is 0. The second-order valence-electron chi connectivity index (χ2n) is 4.01. The van der Waals surface area contributed by atoms with Gasteiger partial charge in [-0.05, 0) is 31.2 Å². The molecule has 0 saturated heterocycles. The quantitative estimate of drug-likeness (QED) is 0.722. The number of unbranched alkanes of at least 4 members (excludes halogenated alkanes) is 2. The lowest BCUT2D eigenvalue weighted by atomic mass is 10.0. The molecule has 1 aromatic rings. The van der Waals surface area contributed by atoms with E-state index in [9.17, 15) is 0 Å². The van der Waals surface area contributed by atoms with E-state index in [1.807, 2.05) is 25.2 Å². The first kappa shape index (κ1) is 13.8. The van der Waals surface area contributed by atoms with Crippen molar-refractivity contribution in [1.82, 2.24) is 5.32 Å². The summed E-state index contributed by atoms with van der Waals surface area (Å²) in [6.45, 7) is 2.22. The Morgan fingerprint density at radius 2 is 1.94 bits per heavy atom. The van der Waals surface area contributed by atoms with Gasteiger partial charge in [0.1, 0.15) is 0 Å². The summed E-state index contributed by atoms with van der Waals surface area (Å²) >= 11 is 11.9. The Bertz CT molecular complexity index is 326. The van der Waals surface area contributed by atoms with E-state index in [1.54, 1.807) is 0 Å². The van der Waals surface area contributed by atoms with Crippen molar-refractivity contribution in [3.8, 4) is 0 Å². The van der Waals surface area contributed by atoms with Crippen molar-refractivity contribution in [2.24, 2.45) is 0 Å². The van der Waals surface area contributed by atoms with E-state index in [4.69, 9.17) is 23.2 Å². The third-order valence-electron chi connectivity index (χ3n) is 2.79. The van der Waals surface area contributed by atoms with Crippen LogP contribution in [-0.2, 0) is 0 Å². The monoisotopic (exact) mass is 259 g/mol. The van der Waals surface area contributed by atoms with Crippen molar-refractivity contribution in [2.75, 3.05) is 7.05 Å². The zero-order valence-corrected chi connectivity index (χ0v) is 11.4. The Morgan fingerprint density at radius 1 is 1.19 bits per heavy atom. The van der Waals surface area contributed by atoms with Gasteiger partial charge in [-0.2, -0.15) is 0 Å². The van der Waals surface area contributed by atoms with Gasteiger partial charge < -0.3 is 5.32 Å². The second kappa shape index (κ2) is 7.16. The van der Waals surface area contributed by atoms with Gasteiger partial charge in [0.15, 0.2) is 0 Å². The van der Waals surface area contributed by atoms with E-state index in [2.05, 4.69) is 12.2 Å². The number of halogens is 2. The van der Waals surface area contributed by atoms with Gasteiger partial charge in [0.2, 0.25) is 0 Å². The molecule has 1 unspecified atom stereocenters. The molecular formula is C13H19Cl2N. The molecule has 1 nitrogen and oxygen atoms in total. The number of benzene rings is 1. The molecule has 1 rings (SSSR count). The minimum Gasteiger partial charge on any atom is -0.313 e. The third-order valence-corrected chi connectivity index (χ3v) is 3.53. The maximum absolute atomic E-state index is 6.02. The smallest absolute Gasteiger partial charge is 0.0595 e. The molecule has 0 aliphatic rings. The highest BCUT2D eigenvalue weighted by Crippen LogP contribution is 2.27. The summed E-state index contributed by atoms with van der Waals surface area (Å²) in [6.07, 6.45) is 4.90.